The second-order valence-electron chi connectivity index (χ2n) is 4.74. The number of rotatable bonds is 4. The van der Waals surface area contributed by atoms with Gasteiger partial charge in [0.2, 0.25) is 10.0 Å². The van der Waals surface area contributed by atoms with Crippen molar-refractivity contribution >= 4 is 50.4 Å². The Morgan fingerprint density at radius 2 is 2.05 bits per heavy atom. The van der Waals surface area contributed by atoms with Gasteiger partial charge in [0.25, 0.3) is 0 Å². The monoisotopic (exact) mass is 352 g/mol. The number of thiocarbonyl (C=S) groups is 1. The van der Waals surface area contributed by atoms with Crippen molar-refractivity contribution in [2.45, 2.75) is 30.2 Å². The van der Waals surface area contributed by atoms with Crippen molar-refractivity contribution in [1.82, 2.24) is 4.72 Å². The molecule has 0 aromatic heterocycles. The first-order chi connectivity index (χ1) is 9.31. The molecule has 110 valence electrons. The molecule has 1 fully saturated rings. The fourth-order valence-electron chi connectivity index (χ4n) is 2.39. The van der Waals surface area contributed by atoms with Crippen molar-refractivity contribution in [2.75, 3.05) is 0 Å². The molecule has 0 spiro atoms. The lowest BCUT2D eigenvalue weighted by Crippen LogP contribution is -2.41. The van der Waals surface area contributed by atoms with Crippen LogP contribution in [0.15, 0.2) is 23.1 Å². The van der Waals surface area contributed by atoms with Gasteiger partial charge in [-0.05, 0) is 31.0 Å². The molecule has 20 heavy (non-hydrogen) atoms. The Bertz CT molecular complexity index is 634. The van der Waals surface area contributed by atoms with E-state index in [1.54, 1.807) is 0 Å². The van der Waals surface area contributed by atoms with Crippen LogP contribution in [0, 0.1) is 5.92 Å². The SMILES string of the molecule is NC(=S)C1CCCC1NS(=O)(=O)c1cc(Cl)ccc1Cl. The molecule has 1 saturated carbocycles. The van der Waals surface area contributed by atoms with E-state index >= 15 is 0 Å². The maximum Gasteiger partial charge on any atom is 0.242 e. The summed E-state index contributed by atoms with van der Waals surface area (Å²) in [6.07, 6.45) is 2.39. The average molecular weight is 353 g/mol. The quantitative estimate of drug-likeness (QED) is 0.817. The average Bonchev–Trinajstić information content (AvgIpc) is 2.79. The van der Waals surface area contributed by atoms with E-state index in [1.807, 2.05) is 0 Å². The van der Waals surface area contributed by atoms with Gasteiger partial charge in [-0.2, -0.15) is 0 Å². The zero-order valence-corrected chi connectivity index (χ0v) is 13.6. The smallest absolute Gasteiger partial charge is 0.242 e. The molecule has 1 aliphatic carbocycles. The van der Waals surface area contributed by atoms with Gasteiger partial charge in [-0.1, -0.05) is 41.8 Å². The molecular weight excluding hydrogens is 339 g/mol. The maximum atomic E-state index is 12.4. The number of hydrogen-bond donors (Lipinski definition) is 2. The van der Waals surface area contributed by atoms with Crippen molar-refractivity contribution in [3.05, 3.63) is 28.2 Å². The predicted molar refractivity (Wildman–Crippen MR) is 84.7 cm³/mol. The Labute approximate surface area is 133 Å². The first kappa shape index (κ1) is 16.0. The Balaban J connectivity index is 2.27. The molecule has 2 rings (SSSR count). The van der Waals surface area contributed by atoms with E-state index in [-0.39, 0.29) is 21.9 Å². The molecule has 1 aromatic carbocycles. The van der Waals surface area contributed by atoms with E-state index in [0.717, 1.165) is 12.8 Å². The zero-order chi connectivity index (χ0) is 14.9. The Hall–Kier alpha value is -0.400. The van der Waals surface area contributed by atoms with Gasteiger partial charge in [0.15, 0.2) is 0 Å². The lowest BCUT2D eigenvalue weighted by atomic mass is 10.1. The topological polar surface area (TPSA) is 72.2 Å². The van der Waals surface area contributed by atoms with E-state index in [2.05, 4.69) is 4.72 Å². The number of hydrogen-bond acceptors (Lipinski definition) is 3. The van der Waals surface area contributed by atoms with E-state index in [9.17, 15) is 8.42 Å². The second-order valence-corrected chi connectivity index (χ2v) is 7.74. The van der Waals surface area contributed by atoms with Crippen LogP contribution in [0.1, 0.15) is 19.3 Å². The lowest BCUT2D eigenvalue weighted by molar-refractivity contribution is 0.525. The van der Waals surface area contributed by atoms with Crippen LogP contribution in [-0.2, 0) is 10.0 Å². The number of halogens is 2. The standard InChI is InChI=1S/C12H14Cl2N2O2S2/c13-7-4-5-9(14)11(6-7)20(17,18)16-10-3-1-2-8(10)12(15)19/h4-6,8,10,16H,1-3H2,(H2,15,19). The van der Waals surface area contributed by atoms with Crippen LogP contribution in [0.3, 0.4) is 0 Å². The molecule has 0 saturated heterocycles. The van der Waals surface area contributed by atoms with Crippen LogP contribution in [0.25, 0.3) is 0 Å². The summed E-state index contributed by atoms with van der Waals surface area (Å²) >= 11 is 16.7. The fourth-order valence-corrected chi connectivity index (χ4v) is 4.74. The van der Waals surface area contributed by atoms with Crippen LogP contribution >= 0.6 is 35.4 Å². The molecule has 0 heterocycles. The molecule has 4 nitrogen and oxygen atoms in total. The first-order valence-corrected chi connectivity index (χ1v) is 8.72. The fraction of sp³-hybridized carbons (Fsp3) is 0.417. The molecule has 0 radical (unpaired) electrons. The summed E-state index contributed by atoms with van der Waals surface area (Å²) in [5.74, 6) is -0.113. The van der Waals surface area contributed by atoms with E-state index < -0.39 is 10.0 Å². The molecule has 0 aliphatic heterocycles. The number of sulfonamides is 1. The number of nitrogens with two attached hydrogens (primary N) is 1. The molecule has 0 amide bonds. The third kappa shape index (κ3) is 3.43. The van der Waals surface area contributed by atoms with Gasteiger partial charge in [0.05, 0.1) is 10.0 Å². The highest BCUT2D eigenvalue weighted by atomic mass is 35.5. The Morgan fingerprint density at radius 1 is 1.35 bits per heavy atom. The molecular formula is C12H14Cl2N2O2S2. The minimum Gasteiger partial charge on any atom is -0.393 e. The Morgan fingerprint density at radius 3 is 2.70 bits per heavy atom. The van der Waals surface area contributed by atoms with Crippen LogP contribution in [-0.4, -0.2) is 19.4 Å². The molecule has 8 heteroatoms. The summed E-state index contributed by atoms with van der Waals surface area (Å²) in [7, 11) is -3.74. The third-order valence-corrected chi connectivity index (χ3v) is 5.88. The molecule has 1 aromatic rings. The van der Waals surface area contributed by atoms with E-state index in [0.29, 0.717) is 16.4 Å². The summed E-state index contributed by atoms with van der Waals surface area (Å²) in [4.78, 5) is 0.313. The largest absolute Gasteiger partial charge is 0.393 e. The second kappa shape index (κ2) is 6.15. The van der Waals surface area contributed by atoms with Gasteiger partial charge in [0.1, 0.15) is 4.90 Å². The maximum absolute atomic E-state index is 12.4. The van der Waals surface area contributed by atoms with Gasteiger partial charge < -0.3 is 5.73 Å². The highest BCUT2D eigenvalue weighted by Gasteiger charge is 2.33. The van der Waals surface area contributed by atoms with E-state index in [1.165, 1.54) is 18.2 Å². The van der Waals surface area contributed by atoms with Gasteiger partial charge in [0, 0.05) is 17.0 Å². The van der Waals surface area contributed by atoms with Crippen molar-refractivity contribution in [3.8, 4) is 0 Å². The number of nitrogens with one attached hydrogen (secondary N) is 1. The number of benzene rings is 1. The van der Waals surface area contributed by atoms with Crippen LogP contribution < -0.4 is 10.5 Å². The van der Waals surface area contributed by atoms with Crippen LogP contribution in [0.2, 0.25) is 10.0 Å². The summed E-state index contributed by atoms with van der Waals surface area (Å²) in [5, 5.41) is 0.443. The summed E-state index contributed by atoms with van der Waals surface area (Å²) in [6.45, 7) is 0. The molecule has 2 atom stereocenters. The van der Waals surface area contributed by atoms with Crippen molar-refractivity contribution in [3.63, 3.8) is 0 Å². The molecule has 0 bridgehead atoms. The van der Waals surface area contributed by atoms with Gasteiger partial charge >= 0.3 is 0 Å². The summed E-state index contributed by atoms with van der Waals surface area (Å²) in [5.41, 5.74) is 5.65. The normalized spacial score (nSPS) is 22.9. The predicted octanol–water partition coefficient (Wildman–Crippen LogP) is 2.73. The minimum absolute atomic E-state index is 0.0275. The minimum atomic E-state index is -3.74. The first-order valence-electron chi connectivity index (χ1n) is 6.08. The van der Waals surface area contributed by atoms with Crippen LogP contribution in [0.4, 0.5) is 0 Å². The van der Waals surface area contributed by atoms with Crippen LogP contribution in [0.5, 0.6) is 0 Å². The van der Waals surface area contributed by atoms with Gasteiger partial charge in [-0.25, -0.2) is 13.1 Å². The van der Waals surface area contributed by atoms with E-state index in [4.69, 9.17) is 41.2 Å². The highest BCUT2D eigenvalue weighted by Crippen LogP contribution is 2.30. The highest BCUT2D eigenvalue weighted by molar-refractivity contribution is 7.89. The summed E-state index contributed by atoms with van der Waals surface area (Å²) in [6, 6.07) is 4.04. The van der Waals surface area contributed by atoms with Crippen molar-refractivity contribution in [2.24, 2.45) is 11.7 Å². The zero-order valence-electron chi connectivity index (χ0n) is 10.5. The molecule has 3 N–H and O–H groups in total. The van der Waals surface area contributed by atoms with Gasteiger partial charge in [-0.15, -0.1) is 0 Å². The third-order valence-electron chi connectivity index (χ3n) is 3.37. The molecule has 1 aliphatic rings. The summed E-state index contributed by atoms with van der Waals surface area (Å²) < 4.78 is 27.4. The molecule has 2 unspecified atom stereocenters. The lowest BCUT2D eigenvalue weighted by Gasteiger charge is -2.20. The Kier molecular flexibility index (Phi) is 4.92. The van der Waals surface area contributed by atoms with Crippen molar-refractivity contribution in [1.29, 1.82) is 0 Å². The van der Waals surface area contributed by atoms with Gasteiger partial charge in [-0.3, -0.25) is 0 Å². The van der Waals surface area contributed by atoms with Crippen molar-refractivity contribution < 1.29 is 8.42 Å².